The van der Waals surface area contributed by atoms with Crippen LogP contribution in [-0.4, -0.2) is 55.4 Å². The highest BCUT2D eigenvalue weighted by atomic mass is 79.9. The summed E-state index contributed by atoms with van der Waals surface area (Å²) in [6.07, 6.45) is 0.116. The molecule has 1 heterocycles. The molecule has 6 heteroatoms. The van der Waals surface area contributed by atoms with Gasteiger partial charge in [0.1, 0.15) is 5.82 Å². The highest BCUT2D eigenvalue weighted by Gasteiger charge is 2.27. The highest BCUT2D eigenvalue weighted by molar-refractivity contribution is 9.10. The number of nitrogens with zero attached hydrogens (tertiary/aromatic N) is 2. The summed E-state index contributed by atoms with van der Waals surface area (Å²) in [6.45, 7) is 2.50. The molecular formula is C14H17BrF2N2O. The number of hydrogen-bond donors (Lipinski definition) is 0. The van der Waals surface area contributed by atoms with Gasteiger partial charge < -0.3 is 9.80 Å². The van der Waals surface area contributed by atoms with E-state index in [1.165, 1.54) is 6.07 Å². The SMILES string of the molecule is CN1CCN(C)C(CC(=O)c2c(F)ccc(Br)c2F)C1. The molecule has 1 atom stereocenters. The van der Waals surface area contributed by atoms with Crippen molar-refractivity contribution in [3.8, 4) is 0 Å². The molecule has 1 fully saturated rings. The Morgan fingerprint density at radius 2 is 2.05 bits per heavy atom. The van der Waals surface area contributed by atoms with E-state index in [1.807, 2.05) is 14.1 Å². The lowest BCUT2D eigenvalue weighted by atomic mass is 10.0. The van der Waals surface area contributed by atoms with Crippen molar-refractivity contribution in [3.63, 3.8) is 0 Å². The lowest BCUT2D eigenvalue weighted by Crippen LogP contribution is -2.50. The molecule has 0 saturated carbocycles. The van der Waals surface area contributed by atoms with Gasteiger partial charge in [-0.2, -0.15) is 0 Å². The van der Waals surface area contributed by atoms with Crippen molar-refractivity contribution in [2.45, 2.75) is 12.5 Å². The van der Waals surface area contributed by atoms with Gasteiger partial charge in [0.25, 0.3) is 0 Å². The van der Waals surface area contributed by atoms with E-state index in [9.17, 15) is 13.6 Å². The largest absolute Gasteiger partial charge is 0.304 e. The summed E-state index contributed by atoms with van der Waals surface area (Å²) in [7, 11) is 3.91. The monoisotopic (exact) mass is 346 g/mol. The molecule has 1 aromatic rings. The minimum atomic E-state index is -0.818. The second-order valence-corrected chi connectivity index (χ2v) is 6.10. The topological polar surface area (TPSA) is 23.6 Å². The average Bonchev–Trinajstić information content (AvgIpc) is 2.39. The minimum Gasteiger partial charge on any atom is -0.304 e. The summed E-state index contributed by atoms with van der Waals surface area (Å²) in [5, 5.41) is 0. The predicted octanol–water partition coefficient (Wildman–Crippen LogP) is 2.55. The minimum absolute atomic E-state index is 0.0148. The molecule has 2 rings (SSSR count). The van der Waals surface area contributed by atoms with Crippen LogP contribution in [0, 0.1) is 11.6 Å². The first kappa shape index (κ1) is 15.5. The summed E-state index contributed by atoms with van der Waals surface area (Å²) < 4.78 is 27.7. The van der Waals surface area contributed by atoms with E-state index in [0.717, 1.165) is 25.7 Å². The van der Waals surface area contributed by atoms with Crippen LogP contribution < -0.4 is 0 Å². The fourth-order valence-corrected chi connectivity index (χ4v) is 2.75. The molecule has 0 N–H and O–H groups in total. The van der Waals surface area contributed by atoms with Crippen LogP contribution in [0.25, 0.3) is 0 Å². The van der Waals surface area contributed by atoms with E-state index in [2.05, 4.69) is 25.7 Å². The standard InChI is InChI=1S/C14H17BrF2N2O/c1-18-5-6-19(2)9(8-18)7-12(20)13-11(16)4-3-10(15)14(13)17/h3-4,9H,5-8H2,1-2H3. The van der Waals surface area contributed by atoms with Gasteiger partial charge in [-0.05, 0) is 42.2 Å². The molecule has 1 saturated heterocycles. The number of Topliss-reactive ketones (excluding diaryl/α,β-unsaturated/α-hetero) is 1. The van der Waals surface area contributed by atoms with Crippen molar-refractivity contribution in [2.75, 3.05) is 33.7 Å². The molecule has 0 amide bonds. The van der Waals surface area contributed by atoms with E-state index in [4.69, 9.17) is 0 Å². The van der Waals surface area contributed by atoms with Gasteiger partial charge >= 0.3 is 0 Å². The fraction of sp³-hybridized carbons (Fsp3) is 0.500. The summed E-state index contributed by atoms with van der Waals surface area (Å²) in [4.78, 5) is 16.4. The Bertz CT molecular complexity index is 524. The molecule has 20 heavy (non-hydrogen) atoms. The molecule has 1 aliphatic rings. The number of ketones is 1. The van der Waals surface area contributed by atoms with Gasteiger partial charge in [-0.1, -0.05) is 0 Å². The van der Waals surface area contributed by atoms with E-state index in [0.29, 0.717) is 0 Å². The summed E-state index contributed by atoms with van der Waals surface area (Å²) in [5.74, 6) is -2.11. The zero-order valence-electron chi connectivity index (χ0n) is 11.5. The van der Waals surface area contributed by atoms with Gasteiger partial charge in [0.15, 0.2) is 11.6 Å². The van der Waals surface area contributed by atoms with Crippen molar-refractivity contribution in [3.05, 3.63) is 33.8 Å². The van der Waals surface area contributed by atoms with Crippen LogP contribution in [0.4, 0.5) is 8.78 Å². The number of benzene rings is 1. The molecule has 1 unspecified atom stereocenters. The normalized spacial score (nSPS) is 21.1. The second kappa shape index (κ2) is 6.28. The zero-order chi connectivity index (χ0) is 14.9. The van der Waals surface area contributed by atoms with Gasteiger partial charge in [-0.25, -0.2) is 8.78 Å². The van der Waals surface area contributed by atoms with Crippen LogP contribution in [0.15, 0.2) is 16.6 Å². The van der Waals surface area contributed by atoms with Crippen molar-refractivity contribution in [2.24, 2.45) is 0 Å². The second-order valence-electron chi connectivity index (χ2n) is 5.24. The Morgan fingerprint density at radius 1 is 1.35 bits per heavy atom. The molecule has 0 aliphatic carbocycles. The number of hydrogen-bond acceptors (Lipinski definition) is 3. The van der Waals surface area contributed by atoms with Crippen LogP contribution in [0.3, 0.4) is 0 Å². The van der Waals surface area contributed by atoms with Gasteiger partial charge in [-0.3, -0.25) is 4.79 Å². The number of carbonyl (C=O) groups is 1. The van der Waals surface area contributed by atoms with Gasteiger partial charge in [-0.15, -0.1) is 0 Å². The Hall–Kier alpha value is -0.850. The maximum Gasteiger partial charge on any atom is 0.170 e. The molecule has 0 spiro atoms. The van der Waals surface area contributed by atoms with E-state index >= 15 is 0 Å². The lowest BCUT2D eigenvalue weighted by Gasteiger charge is -2.37. The summed E-state index contributed by atoms with van der Waals surface area (Å²) in [6, 6.07) is 2.36. The molecule has 1 aromatic carbocycles. The van der Waals surface area contributed by atoms with E-state index < -0.39 is 23.0 Å². The van der Waals surface area contributed by atoms with E-state index in [1.54, 1.807) is 0 Å². The molecule has 3 nitrogen and oxygen atoms in total. The zero-order valence-corrected chi connectivity index (χ0v) is 13.1. The van der Waals surface area contributed by atoms with Crippen LogP contribution >= 0.6 is 15.9 Å². The van der Waals surface area contributed by atoms with Crippen LogP contribution in [-0.2, 0) is 0 Å². The highest BCUT2D eigenvalue weighted by Crippen LogP contribution is 2.24. The summed E-state index contributed by atoms with van der Waals surface area (Å²) in [5.41, 5.74) is -0.444. The van der Waals surface area contributed by atoms with Gasteiger partial charge in [0.05, 0.1) is 10.0 Å². The van der Waals surface area contributed by atoms with Crippen molar-refractivity contribution >= 4 is 21.7 Å². The summed E-state index contributed by atoms with van der Waals surface area (Å²) >= 11 is 2.98. The third kappa shape index (κ3) is 3.24. The first-order valence-electron chi connectivity index (χ1n) is 6.45. The Morgan fingerprint density at radius 3 is 2.75 bits per heavy atom. The lowest BCUT2D eigenvalue weighted by molar-refractivity contribution is 0.0803. The molecule has 0 bridgehead atoms. The molecule has 0 radical (unpaired) electrons. The number of piperazine rings is 1. The number of carbonyl (C=O) groups excluding carboxylic acids is 1. The number of halogens is 3. The fourth-order valence-electron chi connectivity index (χ4n) is 2.42. The maximum atomic E-state index is 13.9. The molecular weight excluding hydrogens is 330 g/mol. The van der Waals surface area contributed by atoms with Crippen molar-refractivity contribution < 1.29 is 13.6 Å². The smallest absolute Gasteiger partial charge is 0.170 e. The Balaban J connectivity index is 2.18. The van der Waals surface area contributed by atoms with Crippen LogP contribution in [0.5, 0.6) is 0 Å². The first-order valence-corrected chi connectivity index (χ1v) is 7.25. The quantitative estimate of drug-likeness (QED) is 0.620. The van der Waals surface area contributed by atoms with Gasteiger partial charge in [0.2, 0.25) is 0 Å². The number of rotatable bonds is 3. The number of likely N-dealkylation sites (N-methyl/N-ethyl adjacent to an activating group) is 2. The Labute approximate surface area is 125 Å². The van der Waals surface area contributed by atoms with Crippen LogP contribution in [0.2, 0.25) is 0 Å². The third-order valence-electron chi connectivity index (χ3n) is 3.72. The van der Waals surface area contributed by atoms with E-state index in [-0.39, 0.29) is 16.9 Å². The molecule has 110 valence electrons. The predicted molar refractivity (Wildman–Crippen MR) is 76.9 cm³/mol. The molecule has 1 aliphatic heterocycles. The average molecular weight is 347 g/mol. The van der Waals surface area contributed by atoms with Crippen LogP contribution in [0.1, 0.15) is 16.8 Å². The van der Waals surface area contributed by atoms with Crippen molar-refractivity contribution in [1.29, 1.82) is 0 Å². The van der Waals surface area contributed by atoms with Crippen molar-refractivity contribution in [1.82, 2.24) is 9.80 Å². The maximum absolute atomic E-state index is 13.9. The molecule has 0 aromatic heterocycles. The first-order chi connectivity index (χ1) is 9.40. The van der Waals surface area contributed by atoms with Gasteiger partial charge in [0, 0.05) is 32.1 Å². The third-order valence-corrected chi connectivity index (χ3v) is 4.34. The Kier molecular flexibility index (Phi) is 4.88.